The molecule has 0 unspecified atom stereocenters. The number of carbonyl (C=O) groups is 1. The number of hydrogen-bond donors (Lipinski definition) is 1. The number of benzene rings is 1. The Morgan fingerprint density at radius 1 is 1.17 bits per heavy atom. The Morgan fingerprint density at radius 2 is 1.86 bits per heavy atom. The van der Waals surface area contributed by atoms with E-state index < -0.39 is 11.2 Å². The van der Waals surface area contributed by atoms with Gasteiger partial charge >= 0.3 is 5.69 Å². The third-order valence-electron chi connectivity index (χ3n) is 4.70. The Hall–Kier alpha value is -3.00. The highest BCUT2D eigenvalue weighted by molar-refractivity contribution is 6.30. The normalized spacial score (nSPS) is 12.1. The molecule has 0 saturated heterocycles. The molecular formula is C20H22ClN5O3. The number of aromatic nitrogens is 4. The molecule has 3 rings (SSSR count). The average Bonchev–Trinajstić information content (AvgIpc) is 2.71. The fourth-order valence-corrected chi connectivity index (χ4v) is 3.05. The van der Waals surface area contributed by atoms with Gasteiger partial charge in [0.2, 0.25) is 5.91 Å². The van der Waals surface area contributed by atoms with Crippen LogP contribution in [0, 0.1) is 0 Å². The highest BCUT2D eigenvalue weighted by Gasteiger charge is 2.17. The molecule has 9 heteroatoms. The van der Waals surface area contributed by atoms with E-state index in [0.717, 1.165) is 11.0 Å². The maximum Gasteiger partial charge on any atom is 0.333 e. The summed E-state index contributed by atoms with van der Waals surface area (Å²) >= 11 is 5.92. The lowest BCUT2D eigenvalue weighted by Gasteiger charge is -2.14. The molecule has 0 aliphatic rings. The monoisotopic (exact) mass is 415 g/mol. The third kappa shape index (κ3) is 4.22. The molecule has 0 aliphatic carbocycles. The van der Waals surface area contributed by atoms with Gasteiger partial charge in [0.25, 0.3) is 5.56 Å². The number of nitrogens with zero attached hydrogens (tertiary/aromatic N) is 4. The van der Waals surface area contributed by atoms with Gasteiger partial charge in [0.05, 0.1) is 0 Å². The van der Waals surface area contributed by atoms with E-state index in [-0.39, 0.29) is 29.5 Å². The van der Waals surface area contributed by atoms with Crippen LogP contribution >= 0.6 is 11.6 Å². The van der Waals surface area contributed by atoms with E-state index in [1.807, 2.05) is 13.8 Å². The molecule has 0 saturated carbocycles. The summed E-state index contributed by atoms with van der Waals surface area (Å²) in [6.45, 7) is 5.51. The van der Waals surface area contributed by atoms with Crippen LogP contribution in [0.2, 0.25) is 5.02 Å². The minimum absolute atomic E-state index is 0.0441. The molecular weight excluding hydrogens is 394 g/mol. The van der Waals surface area contributed by atoms with Gasteiger partial charge in [0, 0.05) is 29.4 Å². The predicted octanol–water partition coefficient (Wildman–Crippen LogP) is 2.21. The van der Waals surface area contributed by atoms with Gasteiger partial charge in [0.15, 0.2) is 11.5 Å². The Morgan fingerprint density at radius 3 is 2.48 bits per heavy atom. The van der Waals surface area contributed by atoms with E-state index in [9.17, 15) is 14.4 Å². The average molecular weight is 416 g/mol. The lowest BCUT2D eigenvalue weighted by molar-refractivity contribution is -0.122. The molecule has 8 nitrogen and oxygen atoms in total. The van der Waals surface area contributed by atoms with Crippen LogP contribution in [0.3, 0.4) is 0 Å². The van der Waals surface area contributed by atoms with Crippen molar-refractivity contribution < 1.29 is 4.79 Å². The maximum atomic E-state index is 12.9. The number of nitrogens with one attached hydrogen (secondary N) is 1. The second kappa shape index (κ2) is 8.57. The van der Waals surface area contributed by atoms with Crippen molar-refractivity contribution in [2.45, 2.75) is 46.3 Å². The summed E-state index contributed by atoms with van der Waals surface area (Å²) in [5, 5.41) is 3.53. The fraction of sp³-hybridized carbons (Fsp3) is 0.350. The molecule has 0 radical (unpaired) electrons. The topological polar surface area (TPSA) is 98.9 Å². The highest BCUT2D eigenvalue weighted by Crippen LogP contribution is 2.19. The van der Waals surface area contributed by atoms with Crippen molar-refractivity contribution in [1.29, 1.82) is 0 Å². The minimum Gasteiger partial charge on any atom is -0.352 e. The minimum atomic E-state index is -0.586. The fourth-order valence-electron chi connectivity index (χ4n) is 2.93. The van der Waals surface area contributed by atoms with Crippen LogP contribution < -0.4 is 16.6 Å². The van der Waals surface area contributed by atoms with Crippen LogP contribution in [0.5, 0.6) is 0 Å². The van der Waals surface area contributed by atoms with E-state index in [4.69, 9.17) is 11.6 Å². The summed E-state index contributed by atoms with van der Waals surface area (Å²) in [6, 6.07) is 6.91. The summed E-state index contributed by atoms with van der Waals surface area (Å²) in [6.07, 6.45) is 2.14. The summed E-state index contributed by atoms with van der Waals surface area (Å²) in [5.41, 5.74) is -0.216. The van der Waals surface area contributed by atoms with E-state index in [2.05, 4.69) is 15.3 Å². The van der Waals surface area contributed by atoms with E-state index >= 15 is 0 Å². The second-order valence-corrected chi connectivity index (χ2v) is 7.17. The molecule has 2 aromatic heterocycles. The van der Waals surface area contributed by atoms with E-state index in [1.54, 1.807) is 31.2 Å². The predicted molar refractivity (Wildman–Crippen MR) is 112 cm³/mol. The summed E-state index contributed by atoms with van der Waals surface area (Å²) in [7, 11) is 0. The van der Waals surface area contributed by atoms with Gasteiger partial charge in [-0.1, -0.05) is 18.5 Å². The molecule has 0 fully saturated rings. The molecule has 1 aromatic carbocycles. The largest absolute Gasteiger partial charge is 0.352 e. The number of fused-ring (bicyclic) bond motifs is 1. The van der Waals surface area contributed by atoms with Crippen molar-refractivity contribution in [1.82, 2.24) is 24.4 Å². The molecule has 1 amide bonds. The standard InChI is InChI=1S/C20H22ClN5O3/c1-4-12(3)23-16(27)11-26-19(28)15-10-22-17(13-6-8-14(21)9-7-13)24-18(15)25(5-2)20(26)29/h6-10,12H,4-5,11H2,1-3H3,(H,23,27)/t12-/m1/s1. The first-order valence-corrected chi connectivity index (χ1v) is 9.79. The van der Waals surface area contributed by atoms with E-state index in [0.29, 0.717) is 23.0 Å². The van der Waals surface area contributed by atoms with Crippen LogP contribution in [0.4, 0.5) is 0 Å². The first kappa shape index (κ1) is 20.7. The first-order chi connectivity index (χ1) is 13.8. The highest BCUT2D eigenvalue weighted by atomic mass is 35.5. The second-order valence-electron chi connectivity index (χ2n) is 6.73. The zero-order chi connectivity index (χ0) is 21.1. The number of carbonyl (C=O) groups excluding carboxylic acids is 1. The van der Waals surface area contributed by atoms with Crippen LogP contribution in [-0.4, -0.2) is 31.1 Å². The van der Waals surface area contributed by atoms with Crippen molar-refractivity contribution >= 4 is 28.5 Å². The Labute approximate surface area is 172 Å². The van der Waals surface area contributed by atoms with Crippen LogP contribution in [0.1, 0.15) is 27.2 Å². The zero-order valence-electron chi connectivity index (χ0n) is 16.5. The lowest BCUT2D eigenvalue weighted by Crippen LogP contribution is -2.45. The van der Waals surface area contributed by atoms with Gasteiger partial charge in [-0.3, -0.25) is 18.7 Å². The van der Waals surface area contributed by atoms with Gasteiger partial charge < -0.3 is 5.32 Å². The summed E-state index contributed by atoms with van der Waals surface area (Å²) in [5.74, 6) is -0.0123. The lowest BCUT2D eigenvalue weighted by atomic mass is 10.2. The SMILES string of the molecule is CC[C@@H](C)NC(=O)Cn1c(=O)c2cnc(-c3ccc(Cl)cc3)nc2n(CC)c1=O. The zero-order valence-corrected chi connectivity index (χ0v) is 17.2. The maximum absolute atomic E-state index is 12.9. The molecule has 3 aromatic rings. The van der Waals surface area contributed by atoms with Crippen LogP contribution in [0.25, 0.3) is 22.4 Å². The van der Waals surface area contributed by atoms with Crippen molar-refractivity contribution in [2.75, 3.05) is 0 Å². The summed E-state index contributed by atoms with van der Waals surface area (Å²) < 4.78 is 2.29. The molecule has 0 aliphatic heterocycles. The summed E-state index contributed by atoms with van der Waals surface area (Å²) in [4.78, 5) is 46.7. The van der Waals surface area contributed by atoms with Gasteiger partial charge in [0.1, 0.15) is 11.9 Å². The quantitative estimate of drug-likeness (QED) is 0.665. The van der Waals surface area contributed by atoms with Crippen molar-refractivity contribution in [3.8, 4) is 11.4 Å². The van der Waals surface area contributed by atoms with Gasteiger partial charge in [-0.05, 0) is 44.5 Å². The number of rotatable bonds is 6. The molecule has 1 N–H and O–H groups in total. The number of hydrogen-bond acceptors (Lipinski definition) is 5. The molecule has 29 heavy (non-hydrogen) atoms. The third-order valence-corrected chi connectivity index (χ3v) is 4.95. The smallest absolute Gasteiger partial charge is 0.333 e. The van der Waals surface area contributed by atoms with Crippen LogP contribution in [-0.2, 0) is 17.9 Å². The molecule has 0 bridgehead atoms. The molecule has 0 spiro atoms. The van der Waals surface area contributed by atoms with Gasteiger partial charge in [-0.25, -0.2) is 14.8 Å². The number of aryl methyl sites for hydroxylation is 1. The van der Waals surface area contributed by atoms with Crippen LogP contribution in [0.15, 0.2) is 40.1 Å². The van der Waals surface area contributed by atoms with Gasteiger partial charge in [-0.15, -0.1) is 0 Å². The molecule has 152 valence electrons. The van der Waals surface area contributed by atoms with Crippen molar-refractivity contribution in [3.05, 3.63) is 56.3 Å². The number of amides is 1. The Bertz CT molecular complexity index is 1170. The van der Waals surface area contributed by atoms with E-state index in [1.165, 1.54) is 10.8 Å². The van der Waals surface area contributed by atoms with Crippen molar-refractivity contribution in [3.63, 3.8) is 0 Å². The van der Waals surface area contributed by atoms with Gasteiger partial charge in [-0.2, -0.15) is 0 Å². The van der Waals surface area contributed by atoms with Crippen molar-refractivity contribution in [2.24, 2.45) is 0 Å². The Kier molecular flexibility index (Phi) is 6.12. The molecule has 1 atom stereocenters. The Balaban J connectivity index is 2.12. The molecule has 2 heterocycles. The first-order valence-electron chi connectivity index (χ1n) is 9.41. The number of halogens is 1.